The van der Waals surface area contributed by atoms with Gasteiger partial charge in [-0.15, -0.1) is 11.6 Å². The van der Waals surface area contributed by atoms with Crippen molar-refractivity contribution < 1.29 is 4.74 Å². The maximum absolute atomic E-state index is 6.25. The van der Waals surface area contributed by atoms with Crippen LogP contribution in [0.25, 0.3) is 0 Å². The largest absolute Gasteiger partial charge is 0.376 e. The van der Waals surface area contributed by atoms with Crippen molar-refractivity contribution in [1.82, 2.24) is 0 Å². The number of fused-ring (bicyclic) bond motifs is 2. The normalized spacial score (nSPS) is 38.2. The zero-order chi connectivity index (χ0) is 11.8. The van der Waals surface area contributed by atoms with E-state index in [1.54, 1.807) is 0 Å². The molecule has 0 heterocycles. The van der Waals surface area contributed by atoms with E-state index in [1.165, 1.54) is 25.7 Å². The van der Waals surface area contributed by atoms with E-state index in [9.17, 15) is 0 Å². The molecule has 0 radical (unpaired) electrons. The minimum absolute atomic E-state index is 0.00881. The van der Waals surface area contributed by atoms with Gasteiger partial charge in [0.15, 0.2) is 0 Å². The molecule has 0 aromatic carbocycles. The van der Waals surface area contributed by atoms with Crippen molar-refractivity contribution in [3.05, 3.63) is 0 Å². The lowest BCUT2D eigenvalue weighted by molar-refractivity contribution is -0.0231. The quantitative estimate of drug-likeness (QED) is 0.673. The van der Waals surface area contributed by atoms with Crippen molar-refractivity contribution in [1.29, 1.82) is 0 Å². The van der Waals surface area contributed by atoms with Crippen molar-refractivity contribution in [2.24, 2.45) is 17.3 Å². The molecule has 2 heteroatoms. The molecule has 0 N–H and O–H groups in total. The maximum atomic E-state index is 6.25. The van der Waals surface area contributed by atoms with E-state index in [2.05, 4.69) is 20.8 Å². The highest BCUT2D eigenvalue weighted by Gasteiger charge is 2.49. The molecule has 2 aliphatic carbocycles. The Morgan fingerprint density at radius 3 is 2.50 bits per heavy atom. The van der Waals surface area contributed by atoms with Crippen LogP contribution in [0.1, 0.15) is 52.9 Å². The van der Waals surface area contributed by atoms with E-state index in [0.717, 1.165) is 30.7 Å². The maximum Gasteiger partial charge on any atom is 0.0598 e. The molecule has 1 nitrogen and oxygen atoms in total. The Hall–Kier alpha value is 0.250. The molecule has 0 aromatic heterocycles. The van der Waals surface area contributed by atoms with Gasteiger partial charge in [0.1, 0.15) is 0 Å². The number of hydrogen-bond donors (Lipinski definition) is 0. The molecule has 0 spiro atoms. The van der Waals surface area contributed by atoms with Gasteiger partial charge in [-0.1, -0.05) is 6.42 Å². The van der Waals surface area contributed by atoms with E-state index >= 15 is 0 Å². The SMILES string of the molecule is CC(C)(C)OCCC1(CCl)CC2CCC1C2. The summed E-state index contributed by atoms with van der Waals surface area (Å²) in [4.78, 5) is 0. The Bertz CT molecular complexity index is 246. The van der Waals surface area contributed by atoms with Crippen LogP contribution in [-0.4, -0.2) is 18.1 Å². The standard InChI is InChI=1S/C14H25ClO/c1-13(2,3)16-7-6-14(10-15)9-11-4-5-12(14)8-11/h11-12H,4-10H2,1-3H3. The molecule has 2 saturated carbocycles. The van der Waals surface area contributed by atoms with Crippen LogP contribution in [0.2, 0.25) is 0 Å². The molecule has 2 rings (SSSR count). The van der Waals surface area contributed by atoms with Gasteiger partial charge in [0.25, 0.3) is 0 Å². The summed E-state index contributed by atoms with van der Waals surface area (Å²) in [6.45, 7) is 7.25. The van der Waals surface area contributed by atoms with Gasteiger partial charge >= 0.3 is 0 Å². The first kappa shape index (κ1) is 12.7. The zero-order valence-electron chi connectivity index (χ0n) is 10.9. The van der Waals surface area contributed by atoms with Crippen LogP contribution in [0.15, 0.2) is 0 Å². The lowest BCUT2D eigenvalue weighted by atomic mass is 9.72. The molecule has 3 atom stereocenters. The first-order valence-corrected chi connectivity index (χ1v) is 7.19. The Balaban J connectivity index is 1.87. The number of hydrogen-bond acceptors (Lipinski definition) is 1. The van der Waals surface area contributed by atoms with E-state index < -0.39 is 0 Å². The second-order valence-electron chi connectivity index (χ2n) is 6.79. The second-order valence-corrected chi connectivity index (χ2v) is 7.05. The van der Waals surface area contributed by atoms with Crippen molar-refractivity contribution in [2.45, 2.75) is 58.5 Å². The zero-order valence-corrected chi connectivity index (χ0v) is 11.6. The monoisotopic (exact) mass is 244 g/mol. The Morgan fingerprint density at radius 1 is 1.31 bits per heavy atom. The van der Waals surface area contributed by atoms with Crippen LogP contribution in [0.5, 0.6) is 0 Å². The van der Waals surface area contributed by atoms with Gasteiger partial charge in [-0.3, -0.25) is 0 Å². The first-order chi connectivity index (χ1) is 7.45. The van der Waals surface area contributed by atoms with Crippen molar-refractivity contribution in [3.63, 3.8) is 0 Å². The van der Waals surface area contributed by atoms with Crippen LogP contribution in [0, 0.1) is 17.3 Å². The minimum atomic E-state index is -0.00881. The van der Waals surface area contributed by atoms with E-state index in [0.29, 0.717) is 5.41 Å². The highest BCUT2D eigenvalue weighted by molar-refractivity contribution is 6.18. The van der Waals surface area contributed by atoms with E-state index in [-0.39, 0.29) is 5.60 Å². The van der Waals surface area contributed by atoms with Crippen molar-refractivity contribution in [2.75, 3.05) is 12.5 Å². The minimum Gasteiger partial charge on any atom is -0.376 e. The molecule has 2 fully saturated rings. The fourth-order valence-corrected chi connectivity index (χ4v) is 4.12. The molecule has 94 valence electrons. The third-order valence-corrected chi connectivity index (χ3v) is 5.04. The molecule has 0 amide bonds. The summed E-state index contributed by atoms with van der Waals surface area (Å²) in [6, 6.07) is 0. The molecular formula is C14H25ClO. The van der Waals surface area contributed by atoms with Crippen molar-refractivity contribution >= 4 is 11.6 Å². The fourth-order valence-electron chi connectivity index (χ4n) is 3.66. The number of rotatable bonds is 4. The fraction of sp³-hybridized carbons (Fsp3) is 1.00. The average Bonchev–Trinajstić information content (AvgIpc) is 2.75. The van der Waals surface area contributed by atoms with Gasteiger partial charge in [0.05, 0.1) is 5.60 Å². The second kappa shape index (κ2) is 4.49. The molecule has 2 aliphatic rings. The third kappa shape index (κ3) is 2.56. The molecule has 0 saturated heterocycles. The van der Waals surface area contributed by atoms with Gasteiger partial charge in [-0.05, 0) is 63.7 Å². The summed E-state index contributed by atoms with van der Waals surface area (Å²) in [5, 5.41) is 0. The number of ether oxygens (including phenoxy) is 1. The topological polar surface area (TPSA) is 9.23 Å². The predicted molar refractivity (Wildman–Crippen MR) is 68.9 cm³/mol. The molecule has 3 unspecified atom stereocenters. The van der Waals surface area contributed by atoms with E-state index in [1.807, 2.05) is 0 Å². The summed E-state index contributed by atoms with van der Waals surface area (Å²) < 4.78 is 5.87. The van der Waals surface area contributed by atoms with Gasteiger partial charge in [0.2, 0.25) is 0 Å². The molecule has 0 aliphatic heterocycles. The lowest BCUT2D eigenvalue weighted by Crippen LogP contribution is -2.32. The molecule has 16 heavy (non-hydrogen) atoms. The van der Waals surface area contributed by atoms with Crippen molar-refractivity contribution in [3.8, 4) is 0 Å². The van der Waals surface area contributed by atoms with Crippen LogP contribution in [0.4, 0.5) is 0 Å². The Morgan fingerprint density at radius 2 is 2.06 bits per heavy atom. The summed E-state index contributed by atoms with van der Waals surface area (Å²) in [7, 11) is 0. The number of halogens is 1. The molecule has 0 aromatic rings. The van der Waals surface area contributed by atoms with Crippen LogP contribution < -0.4 is 0 Å². The van der Waals surface area contributed by atoms with E-state index in [4.69, 9.17) is 16.3 Å². The summed E-state index contributed by atoms with van der Waals surface area (Å²) in [5.74, 6) is 2.69. The first-order valence-electron chi connectivity index (χ1n) is 6.65. The number of alkyl halides is 1. The van der Waals surface area contributed by atoms with Gasteiger partial charge in [-0.25, -0.2) is 0 Å². The van der Waals surface area contributed by atoms with Gasteiger partial charge in [0, 0.05) is 12.5 Å². The lowest BCUT2D eigenvalue weighted by Gasteiger charge is -2.37. The summed E-state index contributed by atoms with van der Waals surface area (Å²) in [6.07, 6.45) is 6.81. The van der Waals surface area contributed by atoms with Crippen LogP contribution >= 0.6 is 11.6 Å². The smallest absolute Gasteiger partial charge is 0.0598 e. The van der Waals surface area contributed by atoms with Crippen LogP contribution in [0.3, 0.4) is 0 Å². The average molecular weight is 245 g/mol. The Kier molecular flexibility index (Phi) is 3.57. The Labute approximate surface area is 105 Å². The summed E-state index contributed by atoms with van der Waals surface area (Å²) in [5.41, 5.74) is 0.404. The summed E-state index contributed by atoms with van der Waals surface area (Å²) >= 11 is 6.25. The van der Waals surface area contributed by atoms with Gasteiger partial charge in [-0.2, -0.15) is 0 Å². The predicted octanol–water partition coefficient (Wildman–Crippen LogP) is 4.24. The third-order valence-electron chi connectivity index (χ3n) is 4.50. The molecule has 2 bridgehead atoms. The molecular weight excluding hydrogens is 220 g/mol. The van der Waals surface area contributed by atoms with Gasteiger partial charge < -0.3 is 4.74 Å². The highest BCUT2D eigenvalue weighted by Crippen LogP contribution is 2.58. The highest BCUT2D eigenvalue weighted by atomic mass is 35.5. The van der Waals surface area contributed by atoms with Crippen LogP contribution in [-0.2, 0) is 4.74 Å².